The first-order valence-corrected chi connectivity index (χ1v) is 13.5. The summed E-state index contributed by atoms with van der Waals surface area (Å²) >= 11 is 0. The molecule has 1 N–H and O–H groups in total. The van der Waals surface area contributed by atoms with Crippen LogP contribution in [0.4, 0.5) is 13.2 Å². The third kappa shape index (κ3) is 6.74. The first-order chi connectivity index (χ1) is 18.4. The van der Waals surface area contributed by atoms with Crippen molar-refractivity contribution >= 4 is 16.1 Å². The van der Waals surface area contributed by atoms with Crippen molar-refractivity contribution < 1.29 is 35.7 Å². The second kappa shape index (κ2) is 11.4. The van der Waals surface area contributed by atoms with Gasteiger partial charge in [-0.25, -0.2) is 0 Å². The number of esters is 1. The molecule has 0 atom stereocenters. The molecule has 0 bridgehead atoms. The normalized spacial score (nSPS) is 12.1. The van der Waals surface area contributed by atoms with E-state index in [1.807, 2.05) is 24.3 Å². The molecular weight excluding hydrogens is 529 g/mol. The molecule has 0 saturated carbocycles. The Balaban J connectivity index is 0.000000386. The van der Waals surface area contributed by atoms with E-state index in [0.717, 1.165) is 24.8 Å². The summed E-state index contributed by atoms with van der Waals surface area (Å²) in [6.07, 6.45) is 2.98. The van der Waals surface area contributed by atoms with E-state index in [9.17, 15) is 18.0 Å². The molecule has 0 heterocycles. The highest BCUT2D eigenvalue weighted by molar-refractivity contribution is 7.86. The Morgan fingerprint density at radius 1 is 0.821 bits per heavy atom. The van der Waals surface area contributed by atoms with Crippen molar-refractivity contribution in [2.75, 3.05) is 0 Å². The Kier molecular flexibility index (Phi) is 8.22. The molecular formula is C30H25F3O5S. The van der Waals surface area contributed by atoms with Crippen molar-refractivity contribution in [3.63, 3.8) is 0 Å². The molecule has 0 saturated heterocycles. The minimum absolute atomic E-state index is 0.299. The van der Waals surface area contributed by atoms with Crippen LogP contribution >= 0.6 is 0 Å². The monoisotopic (exact) mass is 554 g/mol. The number of hydrogen-bond donors (Lipinski definition) is 1. The second-order valence-electron chi connectivity index (χ2n) is 8.98. The van der Waals surface area contributed by atoms with E-state index in [4.69, 9.17) is 17.7 Å². The lowest BCUT2D eigenvalue weighted by atomic mass is 9.88. The number of ether oxygens (including phenoxy) is 1. The first-order valence-electron chi connectivity index (χ1n) is 12.0. The SMILES string of the molecule is CC(=O)Oc1ccc(-c2ccc3c(c2CCc2ccccc2)Cc2ccccc2-3)cc1.O=S(=O)(O)C(F)(F)F. The zero-order chi connectivity index (χ0) is 28.2. The molecule has 4 aromatic rings. The molecule has 39 heavy (non-hydrogen) atoms. The lowest BCUT2D eigenvalue weighted by Gasteiger charge is -2.16. The Morgan fingerprint density at radius 3 is 2.03 bits per heavy atom. The number of carbonyl (C=O) groups is 1. The van der Waals surface area contributed by atoms with Crippen molar-refractivity contribution in [3.05, 3.63) is 113 Å². The van der Waals surface area contributed by atoms with Gasteiger partial charge in [0.25, 0.3) is 0 Å². The van der Waals surface area contributed by atoms with Gasteiger partial charge in [0.2, 0.25) is 0 Å². The number of rotatable bonds is 5. The van der Waals surface area contributed by atoms with Crippen LogP contribution in [0.2, 0.25) is 0 Å². The topological polar surface area (TPSA) is 80.7 Å². The fraction of sp³-hybridized carbons (Fsp3) is 0.167. The third-order valence-corrected chi connectivity index (χ3v) is 6.92. The number of fused-ring (bicyclic) bond motifs is 3. The summed E-state index contributed by atoms with van der Waals surface area (Å²) in [6, 6.07) is 31.8. The average Bonchev–Trinajstić information content (AvgIpc) is 3.26. The molecule has 1 aliphatic carbocycles. The zero-order valence-electron chi connectivity index (χ0n) is 20.9. The minimum Gasteiger partial charge on any atom is -0.427 e. The summed E-state index contributed by atoms with van der Waals surface area (Å²) in [7, 11) is -5.84. The van der Waals surface area contributed by atoms with Gasteiger partial charge in [-0.05, 0) is 75.9 Å². The highest BCUT2D eigenvalue weighted by Crippen LogP contribution is 2.42. The Bertz CT molecular complexity index is 1580. The fourth-order valence-corrected chi connectivity index (χ4v) is 4.61. The van der Waals surface area contributed by atoms with Gasteiger partial charge < -0.3 is 4.74 Å². The number of aryl methyl sites for hydroxylation is 1. The van der Waals surface area contributed by atoms with Gasteiger partial charge >= 0.3 is 21.6 Å². The number of benzene rings is 4. The van der Waals surface area contributed by atoms with Gasteiger partial charge in [0.05, 0.1) is 0 Å². The predicted molar refractivity (Wildman–Crippen MR) is 143 cm³/mol. The van der Waals surface area contributed by atoms with E-state index in [1.165, 1.54) is 45.9 Å². The van der Waals surface area contributed by atoms with Crippen molar-refractivity contribution in [3.8, 4) is 28.0 Å². The molecule has 0 radical (unpaired) electrons. The van der Waals surface area contributed by atoms with Crippen LogP contribution in [0.25, 0.3) is 22.3 Å². The Hall–Kier alpha value is -3.95. The molecule has 4 aromatic carbocycles. The van der Waals surface area contributed by atoms with Crippen molar-refractivity contribution in [1.29, 1.82) is 0 Å². The smallest absolute Gasteiger partial charge is 0.427 e. The van der Waals surface area contributed by atoms with Crippen LogP contribution in [0, 0.1) is 0 Å². The summed E-state index contributed by atoms with van der Waals surface area (Å²) < 4.78 is 62.8. The van der Waals surface area contributed by atoms with Gasteiger partial charge in [-0.1, -0.05) is 78.9 Å². The second-order valence-corrected chi connectivity index (χ2v) is 10.4. The highest BCUT2D eigenvalue weighted by Gasteiger charge is 2.44. The van der Waals surface area contributed by atoms with Gasteiger partial charge in [-0.15, -0.1) is 0 Å². The van der Waals surface area contributed by atoms with Crippen LogP contribution in [0.3, 0.4) is 0 Å². The standard InChI is InChI=1S/C29H24O2.CHF3O3S/c1-20(30)31-24-14-12-22(13-15-24)26-17-18-28-25-10-6-5-9-23(25)19-29(28)27(26)16-11-21-7-3-2-4-8-21;2-1(3,4)8(5,6)7/h2-10,12-15,17-18H,11,16,19H2,1H3;(H,5,6,7). The van der Waals surface area contributed by atoms with Gasteiger partial charge in [0, 0.05) is 6.92 Å². The van der Waals surface area contributed by atoms with Crippen molar-refractivity contribution in [2.24, 2.45) is 0 Å². The molecule has 202 valence electrons. The maximum atomic E-state index is 11.3. The Labute approximate surface area is 224 Å². The molecule has 0 amide bonds. The molecule has 0 fully saturated rings. The maximum Gasteiger partial charge on any atom is 0.522 e. The van der Waals surface area contributed by atoms with Crippen LogP contribution in [0.5, 0.6) is 5.75 Å². The Morgan fingerprint density at radius 2 is 1.41 bits per heavy atom. The maximum absolute atomic E-state index is 11.3. The molecule has 0 aromatic heterocycles. The number of halogens is 3. The van der Waals surface area contributed by atoms with Gasteiger partial charge in [0.15, 0.2) is 0 Å². The largest absolute Gasteiger partial charge is 0.522 e. The molecule has 0 aliphatic heterocycles. The quantitative estimate of drug-likeness (QED) is 0.109. The van der Waals surface area contributed by atoms with E-state index in [-0.39, 0.29) is 5.97 Å². The predicted octanol–water partition coefficient (Wildman–Crippen LogP) is 7.03. The fourth-order valence-electron chi connectivity index (χ4n) is 4.61. The molecule has 5 nitrogen and oxygen atoms in total. The third-order valence-electron chi connectivity index (χ3n) is 6.33. The summed E-state index contributed by atoms with van der Waals surface area (Å²) in [5.74, 6) is 0.280. The zero-order valence-corrected chi connectivity index (χ0v) is 21.7. The molecule has 0 unspecified atom stereocenters. The van der Waals surface area contributed by atoms with E-state index < -0.39 is 15.6 Å². The van der Waals surface area contributed by atoms with Crippen LogP contribution in [-0.2, 0) is 34.2 Å². The lowest BCUT2D eigenvalue weighted by molar-refractivity contribution is -0.131. The summed E-state index contributed by atoms with van der Waals surface area (Å²) in [5, 5.41) is 0. The molecule has 0 spiro atoms. The van der Waals surface area contributed by atoms with Crippen LogP contribution in [-0.4, -0.2) is 24.4 Å². The summed E-state index contributed by atoms with van der Waals surface area (Å²) in [5.41, 5.74) is 5.21. The minimum atomic E-state index is -5.84. The van der Waals surface area contributed by atoms with E-state index >= 15 is 0 Å². The van der Waals surface area contributed by atoms with E-state index in [1.54, 1.807) is 0 Å². The highest BCUT2D eigenvalue weighted by atomic mass is 32.2. The van der Waals surface area contributed by atoms with E-state index in [0.29, 0.717) is 5.75 Å². The average molecular weight is 555 g/mol. The van der Waals surface area contributed by atoms with Gasteiger partial charge in [0.1, 0.15) is 5.75 Å². The molecule has 5 rings (SSSR count). The first kappa shape index (κ1) is 28.1. The summed E-state index contributed by atoms with van der Waals surface area (Å²) in [6.45, 7) is 1.42. The van der Waals surface area contributed by atoms with E-state index in [2.05, 4.69) is 66.7 Å². The molecule has 9 heteroatoms. The van der Waals surface area contributed by atoms with Crippen LogP contribution in [0.15, 0.2) is 91.0 Å². The van der Waals surface area contributed by atoms with Gasteiger partial charge in [-0.2, -0.15) is 21.6 Å². The van der Waals surface area contributed by atoms with Gasteiger partial charge in [-0.3, -0.25) is 9.35 Å². The van der Waals surface area contributed by atoms with Crippen molar-refractivity contribution in [2.45, 2.75) is 31.7 Å². The number of carbonyl (C=O) groups excluding carboxylic acids is 1. The van der Waals surface area contributed by atoms with Crippen LogP contribution in [0.1, 0.15) is 29.2 Å². The lowest BCUT2D eigenvalue weighted by Crippen LogP contribution is -2.21. The number of alkyl halides is 3. The van der Waals surface area contributed by atoms with Crippen molar-refractivity contribution in [1.82, 2.24) is 0 Å². The molecule has 1 aliphatic rings. The summed E-state index contributed by atoms with van der Waals surface area (Å²) in [4.78, 5) is 11.3. The van der Waals surface area contributed by atoms with Crippen LogP contribution < -0.4 is 4.74 Å². The number of hydrogen-bond acceptors (Lipinski definition) is 4.